The monoisotopic (exact) mass is 451 g/mol. The first-order valence-corrected chi connectivity index (χ1v) is 9.44. The number of carbonyl (C=O) groups is 1. The van der Waals surface area contributed by atoms with Crippen LogP contribution in [0, 0.1) is 0 Å². The van der Waals surface area contributed by atoms with Gasteiger partial charge in [0.1, 0.15) is 0 Å². The van der Waals surface area contributed by atoms with Crippen LogP contribution in [0.5, 0.6) is 0 Å². The van der Waals surface area contributed by atoms with Crippen LogP contribution in [-0.4, -0.2) is 19.5 Å². The molecule has 10 heteroatoms. The number of hydrogen-bond donors (Lipinski definition) is 2. The number of halogens is 4. The third kappa shape index (κ3) is 5.05. The molecule has 1 atom stereocenters. The van der Waals surface area contributed by atoms with Gasteiger partial charge in [0.15, 0.2) is 0 Å². The molecule has 2 rings (SSSR count). The minimum Gasteiger partial charge on any atom is -0.481 e. The molecule has 0 saturated carbocycles. The Morgan fingerprint density at radius 2 is 1.81 bits per heavy atom. The SMILES string of the molecule is O=C(O)C[C@H](NS(=O)(=O)c1ccccc1C(F)(F)F)c1cccc(Br)c1. The van der Waals surface area contributed by atoms with Gasteiger partial charge in [-0.2, -0.15) is 13.2 Å². The molecule has 0 aromatic heterocycles. The van der Waals surface area contributed by atoms with Gasteiger partial charge in [-0.05, 0) is 29.8 Å². The van der Waals surface area contributed by atoms with Crippen molar-refractivity contribution < 1.29 is 31.5 Å². The molecule has 0 saturated heterocycles. The molecule has 2 aromatic rings. The standard InChI is InChI=1S/C16H13BrF3NO4S/c17-11-5-3-4-10(8-11)13(9-15(22)23)21-26(24,25)14-7-2-1-6-12(14)16(18,19)20/h1-8,13,21H,9H2,(H,22,23)/t13-/m0/s1. The number of carboxylic acid groups (broad SMARTS) is 1. The van der Waals surface area contributed by atoms with Crippen LogP contribution < -0.4 is 4.72 Å². The van der Waals surface area contributed by atoms with Gasteiger partial charge in [-0.15, -0.1) is 0 Å². The van der Waals surface area contributed by atoms with Crippen molar-refractivity contribution in [2.24, 2.45) is 0 Å². The second-order valence-electron chi connectivity index (χ2n) is 5.32. The summed E-state index contributed by atoms with van der Waals surface area (Å²) in [6.45, 7) is 0. The second kappa shape index (κ2) is 7.77. The number of carboxylic acids is 1. The maximum absolute atomic E-state index is 13.1. The molecule has 0 aliphatic carbocycles. The molecule has 5 nitrogen and oxygen atoms in total. The Hall–Kier alpha value is -1.91. The van der Waals surface area contributed by atoms with Crippen molar-refractivity contribution in [2.75, 3.05) is 0 Å². The van der Waals surface area contributed by atoms with Gasteiger partial charge >= 0.3 is 12.1 Å². The second-order valence-corrected chi connectivity index (χ2v) is 7.92. The normalized spacial score (nSPS) is 13.4. The highest BCUT2D eigenvalue weighted by Gasteiger charge is 2.37. The highest BCUT2D eigenvalue weighted by Crippen LogP contribution is 2.34. The third-order valence-electron chi connectivity index (χ3n) is 3.41. The van der Waals surface area contributed by atoms with Crippen molar-refractivity contribution in [2.45, 2.75) is 23.5 Å². The molecule has 0 unspecified atom stereocenters. The van der Waals surface area contributed by atoms with E-state index >= 15 is 0 Å². The first kappa shape index (κ1) is 20.4. The van der Waals surface area contributed by atoms with Crippen LogP contribution in [0.1, 0.15) is 23.6 Å². The summed E-state index contributed by atoms with van der Waals surface area (Å²) in [7, 11) is -4.63. The Morgan fingerprint density at radius 3 is 2.38 bits per heavy atom. The number of sulfonamides is 1. The summed E-state index contributed by atoms with van der Waals surface area (Å²) in [6, 6.07) is 8.66. The lowest BCUT2D eigenvalue weighted by Crippen LogP contribution is -2.31. The fourth-order valence-electron chi connectivity index (χ4n) is 2.31. The smallest absolute Gasteiger partial charge is 0.417 e. The molecule has 0 fully saturated rings. The molecule has 26 heavy (non-hydrogen) atoms. The first-order chi connectivity index (χ1) is 12.0. The fourth-order valence-corrected chi connectivity index (χ4v) is 4.18. The number of rotatable bonds is 6. The number of aliphatic carboxylic acids is 1. The third-order valence-corrected chi connectivity index (χ3v) is 5.43. The van der Waals surface area contributed by atoms with Crippen LogP contribution in [0.4, 0.5) is 13.2 Å². The zero-order valence-corrected chi connectivity index (χ0v) is 15.4. The number of alkyl halides is 3. The zero-order valence-electron chi connectivity index (χ0n) is 13.0. The molecule has 140 valence electrons. The van der Waals surface area contributed by atoms with E-state index in [0.29, 0.717) is 16.1 Å². The number of hydrogen-bond acceptors (Lipinski definition) is 3. The van der Waals surface area contributed by atoms with E-state index < -0.39 is 45.1 Å². The highest BCUT2D eigenvalue weighted by molar-refractivity contribution is 9.10. The van der Waals surface area contributed by atoms with Gasteiger partial charge in [0, 0.05) is 4.47 Å². The average Bonchev–Trinajstić information content (AvgIpc) is 2.53. The molecule has 0 spiro atoms. The van der Waals surface area contributed by atoms with Crippen molar-refractivity contribution in [1.82, 2.24) is 4.72 Å². The predicted octanol–water partition coefficient (Wildman–Crippen LogP) is 3.96. The first-order valence-electron chi connectivity index (χ1n) is 7.16. The van der Waals surface area contributed by atoms with E-state index in [-0.39, 0.29) is 0 Å². The van der Waals surface area contributed by atoms with E-state index in [1.807, 2.05) is 0 Å². The van der Waals surface area contributed by atoms with Crippen LogP contribution in [0.2, 0.25) is 0 Å². The molecular weight excluding hydrogens is 439 g/mol. The van der Waals surface area contributed by atoms with Crippen LogP contribution in [0.3, 0.4) is 0 Å². The summed E-state index contributed by atoms with van der Waals surface area (Å²) in [4.78, 5) is 10.1. The summed E-state index contributed by atoms with van der Waals surface area (Å²) in [5.74, 6) is -1.30. The zero-order chi connectivity index (χ0) is 19.5. The van der Waals surface area contributed by atoms with Crippen LogP contribution in [0.25, 0.3) is 0 Å². The van der Waals surface area contributed by atoms with Crippen LogP contribution >= 0.6 is 15.9 Å². The molecular formula is C16H13BrF3NO4S. The highest BCUT2D eigenvalue weighted by atomic mass is 79.9. The Bertz CT molecular complexity index is 916. The Kier molecular flexibility index (Phi) is 6.09. The maximum Gasteiger partial charge on any atom is 0.417 e. The van der Waals surface area contributed by atoms with Gasteiger partial charge < -0.3 is 5.11 Å². The van der Waals surface area contributed by atoms with Gasteiger partial charge in [-0.1, -0.05) is 40.2 Å². The minimum absolute atomic E-state index is 0.301. The predicted molar refractivity (Wildman–Crippen MR) is 90.9 cm³/mol. The van der Waals surface area contributed by atoms with Crippen LogP contribution in [-0.2, 0) is 21.0 Å². The van der Waals surface area contributed by atoms with E-state index in [1.54, 1.807) is 12.1 Å². The quantitative estimate of drug-likeness (QED) is 0.695. The van der Waals surface area contributed by atoms with Gasteiger partial charge in [-0.25, -0.2) is 13.1 Å². The number of benzene rings is 2. The van der Waals surface area contributed by atoms with E-state index in [0.717, 1.165) is 18.2 Å². The van der Waals surface area contributed by atoms with Crippen molar-refractivity contribution >= 4 is 31.9 Å². The molecule has 2 N–H and O–H groups in total. The topological polar surface area (TPSA) is 83.5 Å². The van der Waals surface area contributed by atoms with Gasteiger partial charge in [0.2, 0.25) is 10.0 Å². The van der Waals surface area contributed by atoms with E-state index in [1.165, 1.54) is 12.1 Å². The summed E-state index contributed by atoms with van der Waals surface area (Å²) in [5, 5.41) is 9.04. The molecule has 0 aliphatic heterocycles. The van der Waals surface area contributed by atoms with Crippen molar-refractivity contribution in [3.63, 3.8) is 0 Å². The summed E-state index contributed by atoms with van der Waals surface area (Å²) < 4.78 is 67.0. The Morgan fingerprint density at radius 1 is 1.15 bits per heavy atom. The van der Waals surface area contributed by atoms with Crippen molar-refractivity contribution in [3.05, 3.63) is 64.1 Å². The molecule has 0 amide bonds. The lowest BCUT2D eigenvalue weighted by atomic mass is 10.1. The number of nitrogens with one attached hydrogen (secondary N) is 1. The summed E-state index contributed by atoms with van der Waals surface area (Å²) in [6.07, 6.45) is -5.51. The molecule has 0 heterocycles. The van der Waals surface area contributed by atoms with E-state index in [9.17, 15) is 26.4 Å². The maximum atomic E-state index is 13.1. The average molecular weight is 452 g/mol. The molecule has 0 bridgehead atoms. The molecule has 2 aromatic carbocycles. The fraction of sp³-hybridized carbons (Fsp3) is 0.188. The van der Waals surface area contributed by atoms with Crippen molar-refractivity contribution in [3.8, 4) is 0 Å². The summed E-state index contributed by atoms with van der Waals surface area (Å²) >= 11 is 3.19. The van der Waals surface area contributed by atoms with Crippen LogP contribution in [0.15, 0.2) is 57.9 Å². The van der Waals surface area contributed by atoms with E-state index in [4.69, 9.17) is 5.11 Å². The Labute approximate surface area is 156 Å². The molecule has 0 radical (unpaired) electrons. The minimum atomic E-state index is -4.87. The lowest BCUT2D eigenvalue weighted by molar-refractivity contribution is -0.140. The Balaban J connectivity index is 2.46. The summed E-state index contributed by atoms with van der Waals surface area (Å²) in [5.41, 5.74) is -1.02. The van der Waals surface area contributed by atoms with Gasteiger partial charge in [0.25, 0.3) is 0 Å². The van der Waals surface area contributed by atoms with Crippen molar-refractivity contribution in [1.29, 1.82) is 0 Å². The largest absolute Gasteiger partial charge is 0.481 e. The lowest BCUT2D eigenvalue weighted by Gasteiger charge is -2.20. The van der Waals surface area contributed by atoms with Gasteiger partial charge in [0.05, 0.1) is 22.9 Å². The van der Waals surface area contributed by atoms with Gasteiger partial charge in [-0.3, -0.25) is 4.79 Å². The molecule has 0 aliphatic rings. The van der Waals surface area contributed by atoms with E-state index in [2.05, 4.69) is 20.7 Å².